The second-order valence-electron chi connectivity index (χ2n) is 3.20. The molecule has 0 spiro atoms. The summed E-state index contributed by atoms with van der Waals surface area (Å²) in [7, 11) is 0. The lowest BCUT2D eigenvalue weighted by Gasteiger charge is -2.15. The summed E-state index contributed by atoms with van der Waals surface area (Å²) in [5.41, 5.74) is 0. The van der Waals surface area contributed by atoms with Crippen LogP contribution in [-0.4, -0.2) is 58.2 Å². The summed E-state index contributed by atoms with van der Waals surface area (Å²) in [6.45, 7) is 3.14. The molecule has 11 heavy (non-hydrogen) atoms. The molecule has 0 aliphatic carbocycles. The average molecular weight is 161 g/mol. The van der Waals surface area contributed by atoms with Gasteiger partial charge in [-0.2, -0.15) is 0 Å². The molecule has 1 rings (SSSR count). The Hall–Kier alpha value is -0.160. The third-order valence-corrected chi connectivity index (χ3v) is 1.86. The first-order valence-electron chi connectivity index (χ1n) is 3.86. The van der Waals surface area contributed by atoms with Gasteiger partial charge in [-0.05, 0) is 6.92 Å². The van der Waals surface area contributed by atoms with Crippen molar-refractivity contribution in [3.8, 4) is 0 Å². The first kappa shape index (κ1) is 8.93. The Kier molecular flexibility index (Phi) is 2.84. The van der Waals surface area contributed by atoms with Crippen LogP contribution in [-0.2, 0) is 0 Å². The number of hydrogen-bond donors (Lipinski definition) is 3. The van der Waals surface area contributed by atoms with Gasteiger partial charge in [-0.1, -0.05) is 0 Å². The van der Waals surface area contributed by atoms with Crippen LogP contribution in [0.5, 0.6) is 0 Å². The Labute approximate surface area is 66.1 Å². The van der Waals surface area contributed by atoms with E-state index in [-0.39, 0.29) is 0 Å². The molecule has 0 saturated carbocycles. The molecule has 0 bridgehead atoms. The monoisotopic (exact) mass is 161 g/mol. The Morgan fingerprint density at radius 2 is 1.82 bits per heavy atom. The number of hydrogen-bond acceptors (Lipinski definition) is 4. The van der Waals surface area contributed by atoms with Crippen LogP contribution in [0.15, 0.2) is 0 Å². The van der Waals surface area contributed by atoms with Crippen LogP contribution in [0.1, 0.15) is 6.92 Å². The molecule has 1 aliphatic heterocycles. The highest BCUT2D eigenvalue weighted by Gasteiger charge is 2.29. The van der Waals surface area contributed by atoms with Crippen LogP contribution in [0, 0.1) is 0 Å². The lowest BCUT2D eigenvalue weighted by Crippen LogP contribution is -2.29. The molecule has 66 valence electrons. The minimum absolute atomic E-state index is 0.396. The van der Waals surface area contributed by atoms with Gasteiger partial charge >= 0.3 is 0 Å². The molecule has 1 fully saturated rings. The largest absolute Gasteiger partial charge is 0.392 e. The van der Waals surface area contributed by atoms with Crippen molar-refractivity contribution in [1.82, 2.24) is 4.90 Å². The van der Waals surface area contributed by atoms with E-state index in [0.29, 0.717) is 19.6 Å². The standard InChI is InChI=1S/C7H15NO3/c1-5(9)2-8-3-6(10)7(11)4-8/h5-7,9-11H,2-4H2,1H3. The zero-order chi connectivity index (χ0) is 8.43. The van der Waals surface area contributed by atoms with Gasteiger partial charge in [-0.3, -0.25) is 4.90 Å². The van der Waals surface area contributed by atoms with E-state index in [9.17, 15) is 0 Å². The maximum atomic E-state index is 9.11. The van der Waals surface area contributed by atoms with Crippen LogP contribution in [0.3, 0.4) is 0 Å². The zero-order valence-corrected chi connectivity index (χ0v) is 6.64. The smallest absolute Gasteiger partial charge is 0.0938 e. The fourth-order valence-corrected chi connectivity index (χ4v) is 1.37. The average Bonchev–Trinajstić information content (AvgIpc) is 2.10. The molecule has 0 aromatic heterocycles. The molecule has 1 saturated heterocycles. The van der Waals surface area contributed by atoms with E-state index in [4.69, 9.17) is 15.3 Å². The van der Waals surface area contributed by atoms with E-state index < -0.39 is 18.3 Å². The predicted octanol–water partition coefficient (Wildman–Crippen LogP) is -1.60. The molecule has 0 amide bonds. The maximum absolute atomic E-state index is 9.11. The highest BCUT2D eigenvalue weighted by molar-refractivity contribution is 4.83. The van der Waals surface area contributed by atoms with E-state index in [1.807, 2.05) is 4.90 Å². The van der Waals surface area contributed by atoms with Crippen LogP contribution in [0.2, 0.25) is 0 Å². The van der Waals surface area contributed by atoms with E-state index in [1.54, 1.807) is 6.92 Å². The normalized spacial score (nSPS) is 36.0. The summed E-state index contributed by atoms with van der Waals surface area (Å²) >= 11 is 0. The topological polar surface area (TPSA) is 63.9 Å². The van der Waals surface area contributed by atoms with Crippen LogP contribution >= 0.6 is 0 Å². The molecule has 0 aromatic carbocycles. The third-order valence-electron chi connectivity index (χ3n) is 1.86. The van der Waals surface area contributed by atoms with E-state index >= 15 is 0 Å². The molecule has 0 aromatic rings. The summed E-state index contributed by atoms with van der Waals surface area (Å²) in [5, 5.41) is 27.2. The fourth-order valence-electron chi connectivity index (χ4n) is 1.37. The molecule has 3 unspecified atom stereocenters. The number of likely N-dealkylation sites (tertiary alicyclic amines) is 1. The van der Waals surface area contributed by atoms with Crippen molar-refractivity contribution in [2.24, 2.45) is 0 Å². The van der Waals surface area contributed by atoms with Gasteiger partial charge in [0.25, 0.3) is 0 Å². The van der Waals surface area contributed by atoms with Gasteiger partial charge in [0, 0.05) is 19.6 Å². The number of aliphatic hydroxyl groups excluding tert-OH is 3. The van der Waals surface area contributed by atoms with E-state index in [1.165, 1.54) is 0 Å². The van der Waals surface area contributed by atoms with Gasteiger partial charge in [0.05, 0.1) is 18.3 Å². The minimum Gasteiger partial charge on any atom is -0.392 e. The van der Waals surface area contributed by atoms with Crippen molar-refractivity contribution in [3.05, 3.63) is 0 Å². The number of β-amino-alcohol motifs (C(OH)–C–C–N with tert-alkyl or cyclic N) is 3. The fraction of sp³-hybridized carbons (Fsp3) is 1.00. The lowest BCUT2D eigenvalue weighted by atomic mass is 10.3. The van der Waals surface area contributed by atoms with Gasteiger partial charge in [-0.15, -0.1) is 0 Å². The van der Waals surface area contributed by atoms with Gasteiger partial charge in [0.2, 0.25) is 0 Å². The first-order chi connectivity index (χ1) is 5.09. The second kappa shape index (κ2) is 3.49. The van der Waals surface area contributed by atoms with Gasteiger partial charge in [0.15, 0.2) is 0 Å². The Balaban J connectivity index is 2.29. The zero-order valence-electron chi connectivity index (χ0n) is 6.64. The van der Waals surface area contributed by atoms with Crippen molar-refractivity contribution in [3.63, 3.8) is 0 Å². The first-order valence-corrected chi connectivity index (χ1v) is 3.86. The summed E-state index contributed by atoms with van der Waals surface area (Å²) in [6.07, 6.45) is -1.69. The molecule has 4 nitrogen and oxygen atoms in total. The number of aliphatic hydroxyl groups is 3. The molecule has 1 aliphatic rings. The molecular weight excluding hydrogens is 146 g/mol. The maximum Gasteiger partial charge on any atom is 0.0938 e. The number of rotatable bonds is 2. The lowest BCUT2D eigenvalue weighted by molar-refractivity contribution is 0.0572. The third kappa shape index (κ3) is 2.41. The molecule has 4 heteroatoms. The molecule has 3 atom stereocenters. The van der Waals surface area contributed by atoms with Crippen molar-refractivity contribution in [1.29, 1.82) is 0 Å². The van der Waals surface area contributed by atoms with E-state index in [2.05, 4.69) is 0 Å². The van der Waals surface area contributed by atoms with Crippen molar-refractivity contribution in [2.75, 3.05) is 19.6 Å². The SMILES string of the molecule is CC(O)CN1CC(O)C(O)C1. The Morgan fingerprint density at radius 1 is 1.36 bits per heavy atom. The van der Waals surface area contributed by atoms with Gasteiger partial charge in [0.1, 0.15) is 0 Å². The summed E-state index contributed by atoms with van der Waals surface area (Å²) in [6, 6.07) is 0. The van der Waals surface area contributed by atoms with Crippen LogP contribution in [0.25, 0.3) is 0 Å². The van der Waals surface area contributed by atoms with E-state index in [0.717, 1.165) is 0 Å². The van der Waals surface area contributed by atoms with Crippen LogP contribution < -0.4 is 0 Å². The van der Waals surface area contributed by atoms with Crippen molar-refractivity contribution < 1.29 is 15.3 Å². The summed E-state index contributed by atoms with van der Waals surface area (Å²) < 4.78 is 0. The molecule has 1 heterocycles. The quantitative estimate of drug-likeness (QED) is 0.456. The van der Waals surface area contributed by atoms with Crippen molar-refractivity contribution >= 4 is 0 Å². The predicted molar refractivity (Wildman–Crippen MR) is 40.1 cm³/mol. The molecule has 3 N–H and O–H groups in total. The molecule has 0 radical (unpaired) electrons. The van der Waals surface area contributed by atoms with Gasteiger partial charge in [-0.25, -0.2) is 0 Å². The number of nitrogens with zero attached hydrogens (tertiary/aromatic N) is 1. The van der Waals surface area contributed by atoms with Crippen molar-refractivity contribution in [2.45, 2.75) is 25.2 Å². The van der Waals surface area contributed by atoms with Gasteiger partial charge < -0.3 is 15.3 Å². The Morgan fingerprint density at radius 3 is 2.18 bits per heavy atom. The molecular formula is C7H15NO3. The highest BCUT2D eigenvalue weighted by Crippen LogP contribution is 2.09. The summed E-state index contributed by atoms with van der Waals surface area (Å²) in [4.78, 5) is 1.85. The second-order valence-corrected chi connectivity index (χ2v) is 3.20. The van der Waals surface area contributed by atoms with Crippen LogP contribution in [0.4, 0.5) is 0 Å². The minimum atomic E-state index is -0.645. The highest BCUT2D eigenvalue weighted by atomic mass is 16.3. The summed E-state index contributed by atoms with van der Waals surface area (Å²) in [5.74, 6) is 0. The Bertz CT molecular complexity index is 116.